The molecule has 3 aromatic rings. The Morgan fingerprint density at radius 2 is 1.32 bits per heavy atom. The van der Waals surface area contributed by atoms with Crippen molar-refractivity contribution >= 4 is 0 Å². The summed E-state index contributed by atoms with van der Waals surface area (Å²) >= 11 is 0. The molecule has 0 nitrogen and oxygen atoms in total. The smallest absolute Gasteiger partial charge is 0.0215 e. The van der Waals surface area contributed by atoms with Crippen molar-refractivity contribution in [2.24, 2.45) is 0 Å². The standard InChI is InChI=1S/C25H24/c1-18-9-11-19(12-10-18)20-13-14-22-21-7-3-4-8-23(21)25(24(22)17-20)15-5-2-6-16-25/h3-4,7-14,17H,2,5-6,15-16H2,1H3. The predicted octanol–water partition coefficient (Wildman–Crippen LogP) is 6.89. The van der Waals surface area contributed by atoms with E-state index in [1.807, 2.05) is 0 Å². The van der Waals surface area contributed by atoms with E-state index in [9.17, 15) is 0 Å². The predicted molar refractivity (Wildman–Crippen MR) is 106 cm³/mol. The molecule has 25 heavy (non-hydrogen) atoms. The van der Waals surface area contributed by atoms with Crippen LogP contribution in [0.15, 0.2) is 66.7 Å². The van der Waals surface area contributed by atoms with Gasteiger partial charge in [0.05, 0.1) is 0 Å². The van der Waals surface area contributed by atoms with Crippen LogP contribution < -0.4 is 0 Å². The van der Waals surface area contributed by atoms with Crippen molar-refractivity contribution in [3.05, 3.63) is 83.4 Å². The van der Waals surface area contributed by atoms with Gasteiger partial charge in [0.25, 0.3) is 0 Å². The first kappa shape index (κ1) is 15.0. The molecule has 0 aromatic heterocycles. The van der Waals surface area contributed by atoms with Gasteiger partial charge in [0, 0.05) is 5.41 Å². The molecule has 124 valence electrons. The summed E-state index contributed by atoms with van der Waals surface area (Å²) in [5, 5.41) is 0. The molecule has 0 bridgehead atoms. The average Bonchev–Trinajstić information content (AvgIpc) is 2.93. The summed E-state index contributed by atoms with van der Waals surface area (Å²) in [6, 6.07) is 25.2. The molecule has 0 radical (unpaired) electrons. The van der Waals surface area contributed by atoms with Gasteiger partial charge in [-0.15, -0.1) is 0 Å². The van der Waals surface area contributed by atoms with E-state index in [1.165, 1.54) is 59.9 Å². The Morgan fingerprint density at radius 1 is 0.640 bits per heavy atom. The van der Waals surface area contributed by atoms with Gasteiger partial charge in [-0.05, 0) is 59.2 Å². The second-order valence-corrected chi connectivity index (χ2v) is 7.81. The quantitative estimate of drug-likeness (QED) is 0.457. The molecule has 1 saturated carbocycles. The SMILES string of the molecule is Cc1ccc(-c2ccc3c(c2)C2(CCCCC2)c2ccccc2-3)cc1. The van der Waals surface area contributed by atoms with Gasteiger partial charge in [-0.3, -0.25) is 0 Å². The first-order valence-electron chi connectivity index (χ1n) is 9.59. The Balaban J connectivity index is 1.71. The van der Waals surface area contributed by atoms with Crippen molar-refractivity contribution in [3.63, 3.8) is 0 Å². The van der Waals surface area contributed by atoms with E-state index in [4.69, 9.17) is 0 Å². The van der Waals surface area contributed by atoms with E-state index in [2.05, 4.69) is 73.7 Å². The van der Waals surface area contributed by atoms with Gasteiger partial charge < -0.3 is 0 Å². The highest BCUT2D eigenvalue weighted by Gasteiger charge is 2.43. The molecular weight excluding hydrogens is 300 g/mol. The molecular formula is C25H24. The summed E-state index contributed by atoms with van der Waals surface area (Å²) in [5.41, 5.74) is 10.3. The van der Waals surface area contributed by atoms with Gasteiger partial charge in [-0.2, -0.15) is 0 Å². The van der Waals surface area contributed by atoms with Gasteiger partial charge in [0.2, 0.25) is 0 Å². The third-order valence-electron chi connectivity index (χ3n) is 6.36. The number of hydrogen-bond acceptors (Lipinski definition) is 0. The van der Waals surface area contributed by atoms with Gasteiger partial charge in [0.1, 0.15) is 0 Å². The first-order chi connectivity index (χ1) is 12.3. The normalized spacial score (nSPS) is 17.3. The lowest BCUT2D eigenvalue weighted by Crippen LogP contribution is -2.28. The summed E-state index contributed by atoms with van der Waals surface area (Å²) in [4.78, 5) is 0. The molecule has 0 heterocycles. The van der Waals surface area contributed by atoms with E-state index in [0.29, 0.717) is 0 Å². The molecule has 0 N–H and O–H groups in total. The second kappa shape index (κ2) is 5.59. The Hall–Kier alpha value is -2.34. The van der Waals surface area contributed by atoms with Crippen molar-refractivity contribution in [1.82, 2.24) is 0 Å². The molecule has 1 spiro atoms. The van der Waals surface area contributed by atoms with Crippen molar-refractivity contribution in [1.29, 1.82) is 0 Å². The van der Waals surface area contributed by atoms with E-state index in [0.717, 1.165) is 0 Å². The Morgan fingerprint density at radius 3 is 2.12 bits per heavy atom. The average molecular weight is 324 g/mol. The zero-order valence-corrected chi connectivity index (χ0v) is 14.9. The van der Waals surface area contributed by atoms with Crippen LogP contribution >= 0.6 is 0 Å². The van der Waals surface area contributed by atoms with Crippen LogP contribution in [0.3, 0.4) is 0 Å². The van der Waals surface area contributed by atoms with Gasteiger partial charge in [-0.1, -0.05) is 85.5 Å². The highest BCUT2D eigenvalue weighted by Crippen LogP contribution is 2.56. The van der Waals surface area contributed by atoms with E-state index < -0.39 is 0 Å². The van der Waals surface area contributed by atoms with Crippen LogP contribution in [0.5, 0.6) is 0 Å². The lowest BCUT2D eigenvalue weighted by molar-refractivity contribution is 0.353. The topological polar surface area (TPSA) is 0 Å². The number of fused-ring (bicyclic) bond motifs is 5. The molecule has 1 fully saturated rings. The van der Waals surface area contributed by atoms with Crippen LogP contribution in [0.2, 0.25) is 0 Å². The zero-order chi connectivity index (χ0) is 16.9. The number of benzene rings is 3. The largest absolute Gasteiger partial charge is 0.0619 e. The zero-order valence-electron chi connectivity index (χ0n) is 14.9. The molecule has 5 rings (SSSR count). The Kier molecular flexibility index (Phi) is 3.35. The number of aryl methyl sites for hydroxylation is 1. The summed E-state index contributed by atoms with van der Waals surface area (Å²) in [6.07, 6.45) is 6.69. The van der Waals surface area contributed by atoms with Gasteiger partial charge in [-0.25, -0.2) is 0 Å². The van der Waals surface area contributed by atoms with Crippen molar-refractivity contribution in [2.75, 3.05) is 0 Å². The Bertz CT molecular complexity index is 925. The minimum absolute atomic E-state index is 0.255. The van der Waals surface area contributed by atoms with E-state index in [1.54, 1.807) is 11.1 Å². The molecule has 0 atom stereocenters. The fraction of sp³-hybridized carbons (Fsp3) is 0.280. The molecule has 0 unspecified atom stereocenters. The first-order valence-corrected chi connectivity index (χ1v) is 9.59. The highest BCUT2D eigenvalue weighted by molar-refractivity contribution is 5.84. The minimum Gasteiger partial charge on any atom is -0.0619 e. The van der Waals surface area contributed by atoms with Gasteiger partial charge >= 0.3 is 0 Å². The second-order valence-electron chi connectivity index (χ2n) is 7.81. The third kappa shape index (κ3) is 2.20. The minimum atomic E-state index is 0.255. The number of hydrogen-bond donors (Lipinski definition) is 0. The summed E-state index contributed by atoms with van der Waals surface area (Å²) in [6.45, 7) is 2.15. The van der Waals surface area contributed by atoms with E-state index >= 15 is 0 Å². The molecule has 2 aliphatic carbocycles. The maximum atomic E-state index is 2.49. The monoisotopic (exact) mass is 324 g/mol. The van der Waals surface area contributed by atoms with Crippen LogP contribution in [0.4, 0.5) is 0 Å². The molecule has 0 saturated heterocycles. The fourth-order valence-corrected chi connectivity index (χ4v) is 5.08. The molecule has 3 aromatic carbocycles. The van der Waals surface area contributed by atoms with Crippen LogP contribution in [-0.2, 0) is 5.41 Å². The summed E-state index contributed by atoms with van der Waals surface area (Å²) in [5.74, 6) is 0. The summed E-state index contributed by atoms with van der Waals surface area (Å²) in [7, 11) is 0. The molecule has 0 amide bonds. The van der Waals surface area contributed by atoms with Crippen molar-refractivity contribution in [3.8, 4) is 22.3 Å². The summed E-state index contributed by atoms with van der Waals surface area (Å²) < 4.78 is 0. The fourth-order valence-electron chi connectivity index (χ4n) is 5.08. The van der Waals surface area contributed by atoms with Gasteiger partial charge in [0.15, 0.2) is 0 Å². The Labute approximate surface area is 150 Å². The lowest BCUT2D eigenvalue weighted by Gasteiger charge is -2.36. The van der Waals surface area contributed by atoms with E-state index in [-0.39, 0.29) is 5.41 Å². The van der Waals surface area contributed by atoms with Crippen LogP contribution in [0, 0.1) is 6.92 Å². The van der Waals surface area contributed by atoms with Crippen molar-refractivity contribution in [2.45, 2.75) is 44.4 Å². The molecule has 0 heteroatoms. The van der Waals surface area contributed by atoms with Crippen LogP contribution in [0.1, 0.15) is 48.8 Å². The number of rotatable bonds is 1. The van der Waals surface area contributed by atoms with Crippen LogP contribution in [0.25, 0.3) is 22.3 Å². The maximum Gasteiger partial charge on any atom is 0.0215 e. The van der Waals surface area contributed by atoms with Crippen LogP contribution in [-0.4, -0.2) is 0 Å². The molecule has 0 aliphatic heterocycles. The highest BCUT2D eigenvalue weighted by atomic mass is 14.5. The third-order valence-corrected chi connectivity index (χ3v) is 6.36. The van der Waals surface area contributed by atoms with Crippen molar-refractivity contribution < 1.29 is 0 Å². The maximum absolute atomic E-state index is 2.49. The lowest BCUT2D eigenvalue weighted by atomic mass is 9.67. The molecule has 2 aliphatic rings.